The minimum absolute atomic E-state index is 0.164. The zero-order valence-electron chi connectivity index (χ0n) is 9.61. The van der Waals surface area contributed by atoms with Crippen molar-refractivity contribution in [2.45, 2.75) is 53.9 Å². The monoisotopic (exact) mass is 182 g/mol. The Morgan fingerprint density at radius 2 is 1.77 bits per heavy atom. The first-order valence-electron chi connectivity index (χ1n) is 4.96. The van der Waals surface area contributed by atoms with Crippen LogP contribution < -0.4 is 0 Å². The van der Waals surface area contributed by atoms with Gasteiger partial charge in [0.05, 0.1) is 0 Å². The summed E-state index contributed by atoms with van der Waals surface area (Å²) >= 11 is 0. The van der Waals surface area contributed by atoms with Gasteiger partial charge in [0.15, 0.2) is 0 Å². The summed E-state index contributed by atoms with van der Waals surface area (Å²) in [6.45, 7) is 10.2. The maximum Gasteiger partial charge on any atom is 0.130 e. The van der Waals surface area contributed by atoms with Crippen LogP contribution in [0.15, 0.2) is 11.6 Å². The second kappa shape index (κ2) is 5.21. The van der Waals surface area contributed by atoms with Crippen molar-refractivity contribution >= 4 is 5.78 Å². The molecule has 1 nitrogen and oxygen atoms in total. The van der Waals surface area contributed by atoms with Crippen LogP contribution in [0, 0.1) is 5.41 Å². The molecule has 0 aliphatic heterocycles. The predicted molar refractivity (Wildman–Crippen MR) is 57.7 cm³/mol. The van der Waals surface area contributed by atoms with E-state index in [0.717, 1.165) is 12.8 Å². The minimum Gasteiger partial charge on any atom is -0.300 e. The van der Waals surface area contributed by atoms with Crippen molar-refractivity contribution < 1.29 is 4.79 Å². The normalized spacial score (nSPS) is 11.2. The van der Waals surface area contributed by atoms with E-state index in [1.54, 1.807) is 6.92 Å². The van der Waals surface area contributed by atoms with Crippen LogP contribution in [-0.2, 0) is 4.79 Å². The summed E-state index contributed by atoms with van der Waals surface area (Å²) in [5.41, 5.74) is 1.52. The van der Waals surface area contributed by atoms with Gasteiger partial charge in [-0.05, 0) is 39.0 Å². The van der Waals surface area contributed by atoms with Gasteiger partial charge in [-0.1, -0.05) is 25.5 Å². The molecule has 0 aliphatic rings. The third-order valence-corrected chi connectivity index (χ3v) is 2.10. The molecule has 0 fully saturated rings. The molecule has 0 rings (SSSR count). The topological polar surface area (TPSA) is 17.1 Å². The van der Waals surface area contributed by atoms with Gasteiger partial charge in [-0.3, -0.25) is 0 Å². The molecule has 0 spiro atoms. The molecule has 0 aromatic rings. The number of ketones is 1. The zero-order valence-corrected chi connectivity index (χ0v) is 9.61. The Balaban J connectivity index is 3.89. The summed E-state index contributed by atoms with van der Waals surface area (Å²) in [7, 11) is 0. The zero-order chi connectivity index (χ0) is 10.5. The molecule has 0 bridgehead atoms. The van der Waals surface area contributed by atoms with Crippen molar-refractivity contribution in [1.29, 1.82) is 0 Å². The lowest BCUT2D eigenvalue weighted by Crippen LogP contribution is -2.14. The Bertz CT molecular complexity index is 195. The molecule has 0 unspecified atom stereocenters. The fourth-order valence-electron chi connectivity index (χ4n) is 1.51. The Morgan fingerprint density at radius 1 is 1.23 bits per heavy atom. The molecule has 0 radical (unpaired) electrons. The second-order valence-corrected chi connectivity index (χ2v) is 4.86. The van der Waals surface area contributed by atoms with Crippen LogP contribution >= 0.6 is 0 Å². The maximum atomic E-state index is 10.9. The first-order valence-corrected chi connectivity index (χ1v) is 4.96. The lowest BCUT2D eigenvalue weighted by atomic mass is 9.83. The number of hydrogen-bond donors (Lipinski definition) is 0. The Labute approximate surface area is 82.2 Å². The molecule has 13 heavy (non-hydrogen) atoms. The molecule has 0 amide bonds. The van der Waals surface area contributed by atoms with Gasteiger partial charge in [0.25, 0.3) is 0 Å². The molecule has 0 saturated heterocycles. The summed E-state index contributed by atoms with van der Waals surface area (Å²) in [5, 5.41) is 0. The molecule has 0 atom stereocenters. The highest BCUT2D eigenvalue weighted by molar-refractivity contribution is 5.76. The first-order chi connectivity index (χ1) is 5.83. The van der Waals surface area contributed by atoms with Gasteiger partial charge in [-0.2, -0.15) is 0 Å². The highest BCUT2D eigenvalue weighted by Gasteiger charge is 2.18. The van der Waals surface area contributed by atoms with Crippen LogP contribution in [0.2, 0.25) is 0 Å². The summed E-state index contributed by atoms with van der Waals surface area (Å²) in [6, 6.07) is 0. The van der Waals surface area contributed by atoms with Gasteiger partial charge in [0.2, 0.25) is 0 Å². The second-order valence-electron chi connectivity index (χ2n) is 4.86. The van der Waals surface area contributed by atoms with E-state index >= 15 is 0 Å². The Kier molecular flexibility index (Phi) is 4.97. The molecule has 1 heteroatoms. The van der Waals surface area contributed by atoms with Crippen molar-refractivity contribution in [2.75, 3.05) is 0 Å². The fraction of sp³-hybridized carbons (Fsp3) is 0.750. The molecule has 0 aromatic carbocycles. The standard InChI is InChI=1S/C12H22O/c1-10(2)7-6-8-12(4,5)9-11(3)13/h7H,6,8-9H2,1-5H3. The molecule has 76 valence electrons. The van der Waals surface area contributed by atoms with Crippen LogP contribution in [0.3, 0.4) is 0 Å². The lowest BCUT2D eigenvalue weighted by Gasteiger charge is -2.22. The SMILES string of the molecule is CC(=O)CC(C)(C)CCC=C(C)C. The van der Waals surface area contributed by atoms with E-state index < -0.39 is 0 Å². The Morgan fingerprint density at radius 3 is 2.15 bits per heavy atom. The van der Waals surface area contributed by atoms with Crippen molar-refractivity contribution in [3.05, 3.63) is 11.6 Å². The van der Waals surface area contributed by atoms with Crippen LogP contribution in [0.4, 0.5) is 0 Å². The molecule has 0 saturated carbocycles. The summed E-state index contributed by atoms with van der Waals surface area (Å²) in [4.78, 5) is 10.9. The van der Waals surface area contributed by atoms with Gasteiger partial charge >= 0.3 is 0 Å². The average Bonchev–Trinajstić information content (AvgIpc) is 1.81. The number of Topliss-reactive ketones (excluding diaryl/α,β-unsaturated/α-hetero) is 1. The van der Waals surface area contributed by atoms with E-state index in [4.69, 9.17) is 0 Å². The quantitative estimate of drug-likeness (QED) is 0.592. The summed E-state index contributed by atoms with van der Waals surface area (Å²) in [6.07, 6.45) is 5.12. The van der Waals surface area contributed by atoms with Crippen LogP contribution in [-0.4, -0.2) is 5.78 Å². The van der Waals surface area contributed by atoms with Gasteiger partial charge < -0.3 is 4.79 Å². The summed E-state index contributed by atoms with van der Waals surface area (Å²) in [5.74, 6) is 0.294. The van der Waals surface area contributed by atoms with Crippen molar-refractivity contribution in [3.63, 3.8) is 0 Å². The number of carbonyl (C=O) groups excluding carboxylic acids is 1. The molecule has 0 N–H and O–H groups in total. The van der Waals surface area contributed by atoms with E-state index in [1.807, 2.05) is 0 Å². The van der Waals surface area contributed by atoms with E-state index in [-0.39, 0.29) is 5.41 Å². The molecular formula is C12H22O. The van der Waals surface area contributed by atoms with Crippen molar-refractivity contribution in [3.8, 4) is 0 Å². The van der Waals surface area contributed by atoms with Gasteiger partial charge in [-0.15, -0.1) is 0 Å². The molecule has 0 aromatic heterocycles. The van der Waals surface area contributed by atoms with Crippen LogP contribution in [0.1, 0.15) is 53.9 Å². The molecule has 0 aliphatic carbocycles. The number of carbonyl (C=O) groups is 1. The number of hydrogen-bond acceptors (Lipinski definition) is 1. The van der Waals surface area contributed by atoms with Gasteiger partial charge in [0.1, 0.15) is 5.78 Å². The fourth-order valence-corrected chi connectivity index (χ4v) is 1.51. The predicted octanol–water partition coefficient (Wildman–Crippen LogP) is 3.74. The average molecular weight is 182 g/mol. The third kappa shape index (κ3) is 7.76. The molecule has 0 heterocycles. The van der Waals surface area contributed by atoms with Crippen molar-refractivity contribution in [1.82, 2.24) is 0 Å². The highest BCUT2D eigenvalue weighted by atomic mass is 16.1. The van der Waals surface area contributed by atoms with Gasteiger partial charge in [0, 0.05) is 6.42 Å². The van der Waals surface area contributed by atoms with E-state index in [9.17, 15) is 4.79 Å². The van der Waals surface area contributed by atoms with E-state index in [0.29, 0.717) is 12.2 Å². The van der Waals surface area contributed by atoms with E-state index in [1.165, 1.54) is 5.57 Å². The molecular weight excluding hydrogens is 160 g/mol. The van der Waals surface area contributed by atoms with Gasteiger partial charge in [-0.25, -0.2) is 0 Å². The smallest absolute Gasteiger partial charge is 0.130 e. The highest BCUT2D eigenvalue weighted by Crippen LogP contribution is 2.27. The number of allylic oxidation sites excluding steroid dienone is 2. The van der Waals surface area contributed by atoms with Crippen LogP contribution in [0.25, 0.3) is 0 Å². The first kappa shape index (κ1) is 12.4. The minimum atomic E-state index is 0.164. The number of rotatable bonds is 5. The maximum absolute atomic E-state index is 10.9. The Hall–Kier alpha value is -0.590. The third-order valence-electron chi connectivity index (χ3n) is 2.10. The summed E-state index contributed by atoms with van der Waals surface area (Å²) < 4.78 is 0. The largest absolute Gasteiger partial charge is 0.300 e. The van der Waals surface area contributed by atoms with Crippen LogP contribution in [0.5, 0.6) is 0 Å². The lowest BCUT2D eigenvalue weighted by molar-refractivity contribution is -0.118. The van der Waals surface area contributed by atoms with Crippen molar-refractivity contribution in [2.24, 2.45) is 5.41 Å². The van der Waals surface area contributed by atoms with E-state index in [2.05, 4.69) is 33.8 Å².